The third kappa shape index (κ3) is 5.45. The first-order valence-corrected chi connectivity index (χ1v) is 12.3. The van der Waals surface area contributed by atoms with Gasteiger partial charge in [-0.3, -0.25) is 4.31 Å². The number of hydrogen-bond donors (Lipinski definition) is 1. The number of hydrogen-bond acceptors (Lipinski definition) is 4. The van der Waals surface area contributed by atoms with E-state index in [0.29, 0.717) is 17.7 Å². The Balaban J connectivity index is 0.00000361. The molecule has 0 atom stereocenters. The molecule has 0 bridgehead atoms. The van der Waals surface area contributed by atoms with Crippen LogP contribution in [0.4, 0.5) is 22.6 Å². The van der Waals surface area contributed by atoms with Gasteiger partial charge >= 0.3 is 12.1 Å². The fourth-order valence-electron chi connectivity index (χ4n) is 3.62. The van der Waals surface area contributed by atoms with Crippen molar-refractivity contribution in [3.63, 3.8) is 0 Å². The molecule has 0 aliphatic rings. The molecule has 1 radical (unpaired) electrons. The predicted octanol–water partition coefficient (Wildman–Crippen LogP) is 6.08. The van der Waals surface area contributed by atoms with Gasteiger partial charge in [-0.2, -0.15) is 13.2 Å². The van der Waals surface area contributed by atoms with Crippen molar-refractivity contribution in [2.24, 2.45) is 0 Å². The second-order valence-corrected chi connectivity index (χ2v) is 10.6. The van der Waals surface area contributed by atoms with Gasteiger partial charge in [0.15, 0.2) is 0 Å². The maximum atomic E-state index is 13.8. The fraction of sp³-hybridized carbons (Fsp3) is 0.125. The molecule has 36 heavy (non-hydrogen) atoms. The minimum Gasteiger partial charge on any atom is -0.478 e. The Bertz CT molecular complexity index is 1530. The van der Waals surface area contributed by atoms with E-state index in [9.17, 15) is 30.8 Å². The Morgan fingerprint density at radius 3 is 2.25 bits per heavy atom. The standard InChI is InChI=1S/C24H17F4NO4S2.Na/c1-14-18-4-2-3-5-21(18)34-22(14)29(13-15-6-11-20(25)19(12-15)24(26,27)28)35(32,33)17-9-7-16(8-10-17)23(30)31;/h2-12H,13H2,1H3,(H,30,31);. The van der Waals surface area contributed by atoms with E-state index >= 15 is 0 Å². The average Bonchev–Trinajstić information content (AvgIpc) is 3.13. The van der Waals surface area contributed by atoms with Gasteiger partial charge in [-0.15, -0.1) is 11.3 Å². The topological polar surface area (TPSA) is 74.7 Å². The summed E-state index contributed by atoms with van der Waals surface area (Å²) in [6, 6.07) is 14.0. The number of alkyl halides is 3. The Hall–Kier alpha value is -2.44. The molecule has 0 unspecified atom stereocenters. The fourth-order valence-corrected chi connectivity index (χ4v) is 6.55. The van der Waals surface area contributed by atoms with Crippen LogP contribution < -0.4 is 4.31 Å². The van der Waals surface area contributed by atoms with Gasteiger partial charge in [0, 0.05) is 34.3 Å². The Kier molecular flexibility index (Phi) is 8.21. The summed E-state index contributed by atoms with van der Waals surface area (Å²) in [6.45, 7) is 1.20. The molecule has 183 valence electrons. The maximum Gasteiger partial charge on any atom is 0.419 e. The number of carboxylic acids is 1. The molecule has 4 aromatic rings. The zero-order chi connectivity index (χ0) is 25.5. The van der Waals surface area contributed by atoms with Crippen molar-refractivity contribution < 1.29 is 35.9 Å². The molecule has 0 fully saturated rings. The minimum atomic E-state index is -4.95. The maximum absolute atomic E-state index is 13.8. The average molecular weight is 547 g/mol. The number of fused-ring (bicyclic) bond motifs is 1. The molecule has 0 spiro atoms. The molecule has 12 heteroatoms. The van der Waals surface area contributed by atoms with E-state index in [1.165, 1.54) is 0 Å². The molecular weight excluding hydrogens is 529 g/mol. The second-order valence-electron chi connectivity index (χ2n) is 7.68. The van der Waals surface area contributed by atoms with Crippen LogP contribution in [0.25, 0.3) is 10.1 Å². The summed E-state index contributed by atoms with van der Waals surface area (Å²) < 4.78 is 82.8. The molecule has 1 heterocycles. The Morgan fingerprint density at radius 1 is 1.03 bits per heavy atom. The van der Waals surface area contributed by atoms with Crippen LogP contribution in [0, 0.1) is 12.7 Å². The van der Waals surface area contributed by atoms with Crippen LogP contribution in [0.2, 0.25) is 0 Å². The van der Waals surface area contributed by atoms with E-state index in [4.69, 9.17) is 5.11 Å². The van der Waals surface area contributed by atoms with Crippen LogP contribution in [0.15, 0.2) is 71.6 Å². The number of halogens is 4. The molecule has 0 amide bonds. The normalized spacial score (nSPS) is 11.8. The number of carboxylic acid groups (broad SMARTS) is 1. The van der Waals surface area contributed by atoms with Crippen LogP contribution in [0.5, 0.6) is 0 Å². The number of anilines is 1. The predicted molar refractivity (Wildman–Crippen MR) is 130 cm³/mol. The number of nitrogens with zero attached hydrogens (tertiary/aromatic N) is 1. The molecule has 0 aliphatic heterocycles. The van der Waals surface area contributed by atoms with Crippen molar-refractivity contribution in [3.8, 4) is 0 Å². The number of benzene rings is 3. The zero-order valence-corrected chi connectivity index (χ0v) is 22.6. The summed E-state index contributed by atoms with van der Waals surface area (Å²) >= 11 is 1.15. The van der Waals surface area contributed by atoms with Crippen LogP contribution in [0.3, 0.4) is 0 Å². The third-order valence-corrected chi connectivity index (χ3v) is 8.57. The number of aryl methyl sites for hydroxylation is 1. The number of thiophene rings is 1. The summed E-state index contributed by atoms with van der Waals surface area (Å²) in [7, 11) is -4.35. The number of carbonyl (C=O) groups is 1. The van der Waals surface area contributed by atoms with Gasteiger partial charge in [-0.05, 0) is 65.9 Å². The smallest absolute Gasteiger partial charge is 0.419 e. The van der Waals surface area contributed by atoms with Crippen LogP contribution in [0.1, 0.15) is 27.0 Å². The second kappa shape index (κ2) is 10.5. The van der Waals surface area contributed by atoms with Crippen LogP contribution >= 0.6 is 11.3 Å². The first kappa shape index (κ1) is 28.1. The molecule has 1 aromatic heterocycles. The van der Waals surface area contributed by atoms with E-state index in [1.807, 2.05) is 0 Å². The summed E-state index contributed by atoms with van der Waals surface area (Å²) in [5, 5.41) is 10.2. The van der Waals surface area contributed by atoms with Gasteiger partial charge in [0.25, 0.3) is 10.0 Å². The number of sulfonamides is 1. The van der Waals surface area contributed by atoms with Crippen LogP contribution in [-0.4, -0.2) is 49.1 Å². The van der Waals surface area contributed by atoms with E-state index < -0.39 is 40.1 Å². The summed E-state index contributed by atoms with van der Waals surface area (Å²) in [6.07, 6.45) is -4.95. The van der Waals surface area contributed by atoms with Gasteiger partial charge in [0.1, 0.15) is 10.8 Å². The van der Waals surface area contributed by atoms with Gasteiger partial charge in [-0.1, -0.05) is 24.3 Å². The third-order valence-electron chi connectivity index (χ3n) is 5.40. The zero-order valence-electron chi connectivity index (χ0n) is 19.0. The quantitative estimate of drug-likeness (QED) is 0.235. The van der Waals surface area contributed by atoms with Crippen molar-refractivity contribution in [2.75, 3.05) is 4.31 Å². The monoisotopic (exact) mass is 546 g/mol. The van der Waals surface area contributed by atoms with Crippen molar-refractivity contribution in [1.82, 2.24) is 0 Å². The molecule has 0 aliphatic carbocycles. The van der Waals surface area contributed by atoms with Gasteiger partial charge in [-0.25, -0.2) is 17.6 Å². The van der Waals surface area contributed by atoms with E-state index in [2.05, 4.69) is 0 Å². The van der Waals surface area contributed by atoms with Gasteiger partial charge in [0.2, 0.25) is 0 Å². The SMILES string of the molecule is Cc1c(N(Cc2ccc(F)c(C(F)(F)F)c2)S(=O)(=O)c2ccc(C(=O)O)cc2)sc2ccccc12.[Na]. The van der Waals surface area contributed by atoms with Crippen molar-refractivity contribution in [1.29, 1.82) is 0 Å². The van der Waals surface area contributed by atoms with Crippen molar-refractivity contribution in [3.05, 3.63) is 94.8 Å². The van der Waals surface area contributed by atoms with Crippen molar-refractivity contribution in [2.45, 2.75) is 24.5 Å². The first-order chi connectivity index (χ1) is 16.4. The van der Waals surface area contributed by atoms with Crippen LogP contribution in [-0.2, 0) is 22.7 Å². The molecule has 4 rings (SSSR count). The Labute approximate surface area is 230 Å². The molecule has 1 N–H and O–H groups in total. The molecular formula is C24H17F4NNaO4S2. The van der Waals surface area contributed by atoms with E-state index in [-0.39, 0.29) is 50.6 Å². The minimum absolute atomic E-state index is 0. The van der Waals surface area contributed by atoms with Gasteiger partial charge in [0.05, 0.1) is 22.6 Å². The number of rotatable bonds is 6. The molecule has 0 saturated heterocycles. The molecule has 0 saturated carbocycles. The number of aromatic carboxylic acids is 1. The summed E-state index contributed by atoms with van der Waals surface area (Å²) in [5.74, 6) is -2.70. The summed E-state index contributed by atoms with van der Waals surface area (Å²) in [4.78, 5) is 10.9. The molecule has 3 aromatic carbocycles. The Morgan fingerprint density at radius 2 is 1.67 bits per heavy atom. The summed E-state index contributed by atoms with van der Waals surface area (Å²) in [5.41, 5.74) is -1.08. The molecule has 5 nitrogen and oxygen atoms in total. The first-order valence-electron chi connectivity index (χ1n) is 10.1. The van der Waals surface area contributed by atoms with Gasteiger partial charge < -0.3 is 5.11 Å². The van der Waals surface area contributed by atoms with E-state index in [1.54, 1.807) is 31.2 Å². The van der Waals surface area contributed by atoms with Crippen molar-refractivity contribution >= 4 is 72.0 Å². The largest absolute Gasteiger partial charge is 0.478 e. The van der Waals surface area contributed by atoms with E-state index in [0.717, 1.165) is 56.1 Å².